The molecule has 0 atom stereocenters. The highest BCUT2D eigenvalue weighted by atomic mass is 35.5. The second-order valence-corrected chi connectivity index (χ2v) is 6.08. The Morgan fingerprint density at radius 1 is 0.967 bits per heavy atom. The van der Waals surface area contributed by atoms with Crippen LogP contribution in [0.15, 0.2) is 60.9 Å². The monoisotopic (exact) mass is 439 g/mol. The fourth-order valence-electron chi connectivity index (χ4n) is 3.22. The minimum Gasteiger partial charge on any atom is -0.496 e. The van der Waals surface area contributed by atoms with Crippen molar-refractivity contribution >= 4 is 41.5 Å². The molecule has 0 radical (unpaired) electrons. The summed E-state index contributed by atoms with van der Waals surface area (Å²) in [5.74, 6) is 1.86. The SMILES string of the molecule is CNc1nc(-c2cccnc2)nc2c(-c3ccccc3C#N)ccc(OC)c12.Cl.Cl. The van der Waals surface area contributed by atoms with Crippen LogP contribution in [0.1, 0.15) is 5.56 Å². The molecule has 0 fully saturated rings. The molecule has 4 aromatic rings. The summed E-state index contributed by atoms with van der Waals surface area (Å²) in [6, 6.07) is 17.3. The summed E-state index contributed by atoms with van der Waals surface area (Å²) in [6.07, 6.45) is 3.44. The number of hydrogen-bond acceptors (Lipinski definition) is 6. The Balaban J connectivity index is 0.00000160. The maximum atomic E-state index is 9.56. The lowest BCUT2D eigenvalue weighted by atomic mass is 9.97. The van der Waals surface area contributed by atoms with Gasteiger partial charge in [0.25, 0.3) is 0 Å². The van der Waals surface area contributed by atoms with Gasteiger partial charge in [0.2, 0.25) is 0 Å². The highest BCUT2D eigenvalue weighted by Crippen LogP contribution is 2.38. The first-order valence-corrected chi connectivity index (χ1v) is 8.73. The molecule has 1 N–H and O–H groups in total. The topological polar surface area (TPSA) is 83.7 Å². The van der Waals surface area contributed by atoms with E-state index >= 15 is 0 Å². The van der Waals surface area contributed by atoms with Gasteiger partial charge in [-0.2, -0.15) is 5.26 Å². The normalized spacial score (nSPS) is 9.77. The maximum Gasteiger partial charge on any atom is 0.163 e. The average molecular weight is 440 g/mol. The molecule has 8 heteroatoms. The van der Waals surface area contributed by atoms with Gasteiger partial charge in [0.1, 0.15) is 11.6 Å². The predicted molar refractivity (Wildman–Crippen MR) is 124 cm³/mol. The van der Waals surface area contributed by atoms with E-state index in [9.17, 15) is 5.26 Å². The van der Waals surface area contributed by atoms with Gasteiger partial charge in [-0.1, -0.05) is 18.2 Å². The van der Waals surface area contributed by atoms with Crippen LogP contribution in [0, 0.1) is 11.3 Å². The van der Waals surface area contributed by atoms with Crippen molar-refractivity contribution in [2.45, 2.75) is 0 Å². The summed E-state index contributed by atoms with van der Waals surface area (Å²) in [5, 5.41) is 13.5. The van der Waals surface area contributed by atoms with E-state index in [0.717, 1.165) is 22.1 Å². The van der Waals surface area contributed by atoms with Crippen molar-refractivity contribution < 1.29 is 4.74 Å². The van der Waals surface area contributed by atoms with Gasteiger partial charge in [0, 0.05) is 36.1 Å². The molecule has 0 aliphatic heterocycles. The lowest BCUT2D eigenvalue weighted by molar-refractivity contribution is 0.420. The Hall–Kier alpha value is -3.40. The van der Waals surface area contributed by atoms with E-state index in [0.29, 0.717) is 28.5 Å². The van der Waals surface area contributed by atoms with Gasteiger partial charge in [-0.3, -0.25) is 4.98 Å². The number of nitrogens with zero attached hydrogens (tertiary/aromatic N) is 4. The fourth-order valence-corrected chi connectivity index (χ4v) is 3.22. The number of fused-ring (bicyclic) bond motifs is 1. The van der Waals surface area contributed by atoms with Crippen LogP contribution < -0.4 is 10.1 Å². The van der Waals surface area contributed by atoms with Gasteiger partial charge >= 0.3 is 0 Å². The second kappa shape index (κ2) is 9.88. The van der Waals surface area contributed by atoms with Gasteiger partial charge in [0.15, 0.2) is 5.82 Å². The third-order valence-electron chi connectivity index (χ3n) is 4.53. The molecule has 0 spiro atoms. The zero-order valence-corrected chi connectivity index (χ0v) is 17.9. The molecule has 4 rings (SSSR count). The van der Waals surface area contributed by atoms with Crippen LogP contribution in [0.3, 0.4) is 0 Å². The fraction of sp³-hybridized carbons (Fsp3) is 0.0909. The summed E-state index contributed by atoms with van der Waals surface area (Å²) in [5.41, 5.74) is 3.76. The number of halogens is 2. The number of ether oxygens (including phenoxy) is 1. The molecule has 2 aromatic heterocycles. The van der Waals surface area contributed by atoms with E-state index in [1.807, 2.05) is 49.5 Å². The molecule has 0 saturated heterocycles. The molecule has 0 aliphatic carbocycles. The van der Waals surface area contributed by atoms with Crippen molar-refractivity contribution in [2.24, 2.45) is 0 Å². The quantitative estimate of drug-likeness (QED) is 0.474. The largest absolute Gasteiger partial charge is 0.496 e. The molecule has 152 valence electrons. The summed E-state index contributed by atoms with van der Waals surface area (Å²) < 4.78 is 5.57. The number of rotatable bonds is 4. The van der Waals surface area contributed by atoms with Crippen molar-refractivity contribution in [3.8, 4) is 34.3 Å². The molecule has 0 unspecified atom stereocenters. The number of hydrogen-bond donors (Lipinski definition) is 1. The number of anilines is 1. The number of nitriles is 1. The number of methoxy groups -OCH3 is 1. The molecule has 2 aromatic carbocycles. The van der Waals surface area contributed by atoms with E-state index in [4.69, 9.17) is 9.72 Å². The zero-order valence-electron chi connectivity index (χ0n) is 16.3. The molecule has 0 aliphatic rings. The number of benzene rings is 2. The summed E-state index contributed by atoms with van der Waals surface area (Å²) in [4.78, 5) is 13.7. The molecular weight excluding hydrogens is 421 g/mol. The highest BCUT2D eigenvalue weighted by Gasteiger charge is 2.18. The van der Waals surface area contributed by atoms with Crippen LogP contribution in [-0.4, -0.2) is 29.1 Å². The second-order valence-electron chi connectivity index (χ2n) is 6.08. The molecular formula is C22H19Cl2N5O. The first-order valence-electron chi connectivity index (χ1n) is 8.73. The van der Waals surface area contributed by atoms with Crippen molar-refractivity contribution in [2.75, 3.05) is 19.5 Å². The van der Waals surface area contributed by atoms with Crippen LogP contribution >= 0.6 is 24.8 Å². The van der Waals surface area contributed by atoms with E-state index in [-0.39, 0.29) is 24.8 Å². The summed E-state index contributed by atoms with van der Waals surface area (Å²) in [7, 11) is 3.43. The zero-order chi connectivity index (χ0) is 19.5. The van der Waals surface area contributed by atoms with Crippen LogP contribution in [-0.2, 0) is 0 Å². The molecule has 0 bridgehead atoms. The van der Waals surface area contributed by atoms with Crippen LogP contribution in [0.2, 0.25) is 0 Å². The standard InChI is InChI=1S/C22H17N5O.2ClH/c1-24-22-19-18(28-2)10-9-17(16-8-4-3-6-14(16)12-23)20(19)26-21(27-22)15-7-5-11-25-13-15;;/h3-11,13H,1-2H3,(H,24,26,27);2*1H. The van der Waals surface area contributed by atoms with Gasteiger partial charge in [-0.05, 0) is 30.3 Å². The molecule has 0 saturated carbocycles. The minimum atomic E-state index is 0. The number of nitrogens with one attached hydrogen (secondary N) is 1. The van der Waals surface area contributed by atoms with E-state index in [2.05, 4.69) is 21.4 Å². The van der Waals surface area contributed by atoms with Crippen molar-refractivity contribution in [3.05, 3.63) is 66.5 Å². The van der Waals surface area contributed by atoms with E-state index in [1.54, 1.807) is 25.6 Å². The molecule has 2 heterocycles. The van der Waals surface area contributed by atoms with Gasteiger partial charge in [-0.25, -0.2) is 9.97 Å². The third-order valence-corrected chi connectivity index (χ3v) is 4.53. The Kier molecular flexibility index (Phi) is 7.54. The smallest absolute Gasteiger partial charge is 0.163 e. The number of aromatic nitrogens is 3. The predicted octanol–water partition coefficient (Wildman–Crippen LogP) is 5.12. The number of pyridine rings is 1. The molecule has 30 heavy (non-hydrogen) atoms. The Morgan fingerprint density at radius 3 is 2.43 bits per heavy atom. The average Bonchev–Trinajstić information content (AvgIpc) is 2.78. The van der Waals surface area contributed by atoms with Crippen molar-refractivity contribution in [1.29, 1.82) is 5.26 Å². The lowest BCUT2D eigenvalue weighted by Crippen LogP contribution is -2.02. The van der Waals surface area contributed by atoms with E-state index in [1.165, 1.54) is 0 Å². The Bertz CT molecular complexity index is 1210. The van der Waals surface area contributed by atoms with Crippen molar-refractivity contribution in [3.63, 3.8) is 0 Å². The third kappa shape index (κ3) is 3.99. The van der Waals surface area contributed by atoms with E-state index < -0.39 is 0 Å². The molecule has 6 nitrogen and oxygen atoms in total. The maximum absolute atomic E-state index is 9.56. The Morgan fingerprint density at radius 2 is 1.77 bits per heavy atom. The Labute approximate surface area is 186 Å². The first-order chi connectivity index (χ1) is 13.8. The van der Waals surface area contributed by atoms with Gasteiger partial charge in [0.05, 0.1) is 29.6 Å². The van der Waals surface area contributed by atoms with Crippen LogP contribution in [0.4, 0.5) is 5.82 Å². The van der Waals surface area contributed by atoms with Crippen molar-refractivity contribution in [1.82, 2.24) is 15.0 Å². The van der Waals surface area contributed by atoms with Gasteiger partial charge < -0.3 is 10.1 Å². The van der Waals surface area contributed by atoms with Gasteiger partial charge in [-0.15, -0.1) is 24.8 Å². The molecule has 0 amide bonds. The highest BCUT2D eigenvalue weighted by molar-refractivity contribution is 6.04. The lowest BCUT2D eigenvalue weighted by Gasteiger charge is -2.15. The first kappa shape index (κ1) is 22.9. The van der Waals surface area contributed by atoms with Crippen LogP contribution in [0.25, 0.3) is 33.4 Å². The minimum absolute atomic E-state index is 0. The summed E-state index contributed by atoms with van der Waals surface area (Å²) in [6.45, 7) is 0. The summed E-state index contributed by atoms with van der Waals surface area (Å²) >= 11 is 0. The van der Waals surface area contributed by atoms with Crippen LogP contribution in [0.5, 0.6) is 5.75 Å².